The maximum atomic E-state index is 13.0. The Balaban J connectivity index is 1.44. The molecule has 1 saturated carbocycles. The number of unbranched alkanes of at least 4 members (excludes halogenated alkanes) is 5. The summed E-state index contributed by atoms with van der Waals surface area (Å²) in [6.45, 7) is 2.49. The van der Waals surface area contributed by atoms with E-state index in [0.29, 0.717) is 6.54 Å². The lowest BCUT2D eigenvalue weighted by Gasteiger charge is -2.29. The average Bonchev–Trinajstić information content (AvgIpc) is 3.16. The third kappa shape index (κ3) is 4.38. The van der Waals surface area contributed by atoms with E-state index >= 15 is 0 Å². The number of likely N-dealkylation sites (tertiary alicyclic amines) is 1. The number of alkyl halides is 4. The lowest BCUT2D eigenvalue weighted by Crippen LogP contribution is -2.38. The summed E-state index contributed by atoms with van der Waals surface area (Å²) in [5.41, 5.74) is 0. The minimum atomic E-state index is -1.17. The van der Waals surface area contributed by atoms with Crippen LogP contribution in [0.3, 0.4) is 0 Å². The van der Waals surface area contributed by atoms with Gasteiger partial charge in [-0.25, -0.2) is 0 Å². The highest BCUT2D eigenvalue weighted by Gasteiger charge is 2.76. The number of imide groups is 1. The second-order valence-electron chi connectivity index (χ2n) is 8.79. The predicted molar refractivity (Wildman–Crippen MR) is 126 cm³/mol. The van der Waals surface area contributed by atoms with Gasteiger partial charge in [0, 0.05) is 6.54 Å². The number of allylic oxidation sites excluding steroid dienone is 2. The van der Waals surface area contributed by atoms with E-state index in [2.05, 4.69) is 6.92 Å². The molecular formula is C21H27Cl6NO2. The van der Waals surface area contributed by atoms with Crippen LogP contribution in [0.2, 0.25) is 0 Å². The van der Waals surface area contributed by atoms with Crippen molar-refractivity contribution < 1.29 is 9.59 Å². The number of rotatable bonds is 11. The third-order valence-electron chi connectivity index (χ3n) is 6.64. The summed E-state index contributed by atoms with van der Waals surface area (Å²) >= 11 is 38.6. The average molecular weight is 538 g/mol. The van der Waals surface area contributed by atoms with E-state index in [-0.39, 0.29) is 28.3 Å². The van der Waals surface area contributed by atoms with Crippen molar-refractivity contribution in [3.05, 3.63) is 10.1 Å². The van der Waals surface area contributed by atoms with Crippen LogP contribution in [-0.2, 0) is 9.59 Å². The lowest BCUT2D eigenvalue weighted by atomic mass is 9.84. The zero-order valence-electron chi connectivity index (χ0n) is 17.0. The maximum Gasteiger partial charge on any atom is 0.235 e. The van der Waals surface area contributed by atoms with E-state index < -0.39 is 25.9 Å². The Morgan fingerprint density at radius 3 is 1.87 bits per heavy atom. The van der Waals surface area contributed by atoms with Crippen molar-refractivity contribution in [1.29, 1.82) is 0 Å². The number of amides is 2. The summed E-state index contributed by atoms with van der Waals surface area (Å²) in [6, 6.07) is 0. The summed E-state index contributed by atoms with van der Waals surface area (Å²) in [4.78, 5) is 24.9. The molecule has 1 heterocycles. The number of hydrogen-bond donors (Lipinski definition) is 0. The van der Waals surface area contributed by atoms with Gasteiger partial charge in [0.1, 0.15) is 4.33 Å². The van der Waals surface area contributed by atoms with Crippen LogP contribution in [0.4, 0.5) is 0 Å². The zero-order valence-corrected chi connectivity index (χ0v) is 21.5. The molecule has 3 rings (SSSR count). The first-order chi connectivity index (χ1) is 14.0. The van der Waals surface area contributed by atoms with Gasteiger partial charge in [-0.05, 0) is 25.7 Å². The third-order valence-corrected chi connectivity index (χ3v) is 9.85. The molecule has 2 fully saturated rings. The molecule has 3 nitrogen and oxygen atoms in total. The SMILES string of the molecule is CCCCC(Cl)(Cl)CCCCCCCN1C(=O)C2C(C1=O)C1(Cl)CC2(Cl)C(Cl)=C1Cl. The fourth-order valence-corrected chi connectivity index (χ4v) is 7.46. The fourth-order valence-electron chi connectivity index (χ4n) is 5.00. The van der Waals surface area contributed by atoms with E-state index in [9.17, 15) is 9.59 Å². The van der Waals surface area contributed by atoms with Crippen molar-refractivity contribution in [2.75, 3.05) is 6.54 Å². The summed E-state index contributed by atoms with van der Waals surface area (Å²) in [5.74, 6) is -2.03. The van der Waals surface area contributed by atoms with E-state index in [4.69, 9.17) is 69.6 Å². The molecule has 4 unspecified atom stereocenters. The molecular weight excluding hydrogens is 511 g/mol. The molecule has 2 bridgehead atoms. The molecule has 1 aliphatic heterocycles. The van der Waals surface area contributed by atoms with Crippen LogP contribution >= 0.6 is 69.6 Å². The highest BCUT2D eigenvalue weighted by molar-refractivity contribution is 6.52. The Hall–Kier alpha value is 0.620. The number of carbonyl (C=O) groups excluding carboxylic acids is 2. The van der Waals surface area contributed by atoms with Gasteiger partial charge in [0.25, 0.3) is 0 Å². The Morgan fingerprint density at radius 1 is 0.867 bits per heavy atom. The lowest BCUT2D eigenvalue weighted by molar-refractivity contribution is -0.140. The number of carbonyl (C=O) groups is 2. The first kappa shape index (κ1) is 25.2. The van der Waals surface area contributed by atoms with Crippen molar-refractivity contribution in [1.82, 2.24) is 4.90 Å². The molecule has 2 aliphatic carbocycles. The summed E-state index contributed by atoms with van der Waals surface area (Å²) in [7, 11) is 0. The molecule has 4 atom stereocenters. The van der Waals surface area contributed by atoms with Gasteiger partial charge in [0.15, 0.2) is 0 Å². The summed E-state index contributed by atoms with van der Waals surface area (Å²) in [5, 5.41) is 0.414. The largest absolute Gasteiger partial charge is 0.282 e. The molecule has 2 amide bonds. The predicted octanol–water partition coefficient (Wildman–Crippen LogP) is 7.35. The Bertz CT molecular complexity index is 699. The molecule has 0 aromatic rings. The smallest absolute Gasteiger partial charge is 0.235 e. The highest BCUT2D eigenvalue weighted by Crippen LogP contribution is 2.69. The van der Waals surface area contributed by atoms with Gasteiger partial charge in [0.2, 0.25) is 11.8 Å². The van der Waals surface area contributed by atoms with Crippen LogP contribution in [-0.4, -0.2) is 37.3 Å². The van der Waals surface area contributed by atoms with Gasteiger partial charge < -0.3 is 0 Å². The van der Waals surface area contributed by atoms with Crippen molar-refractivity contribution in [2.24, 2.45) is 11.8 Å². The van der Waals surface area contributed by atoms with Gasteiger partial charge in [-0.15, -0.1) is 46.4 Å². The molecule has 0 aromatic carbocycles. The van der Waals surface area contributed by atoms with Gasteiger partial charge in [0.05, 0.1) is 31.6 Å². The summed E-state index contributed by atoms with van der Waals surface area (Å²) < 4.78 is -0.632. The number of nitrogens with zero attached hydrogens (tertiary/aromatic N) is 1. The minimum absolute atomic E-state index is 0.207. The highest BCUT2D eigenvalue weighted by atomic mass is 35.5. The molecule has 0 aromatic heterocycles. The minimum Gasteiger partial charge on any atom is -0.282 e. The first-order valence-corrected chi connectivity index (χ1v) is 12.9. The molecule has 30 heavy (non-hydrogen) atoms. The maximum absolute atomic E-state index is 13.0. The zero-order chi connectivity index (χ0) is 22.3. The molecule has 9 heteroatoms. The van der Waals surface area contributed by atoms with Crippen LogP contribution in [0.5, 0.6) is 0 Å². The number of halogens is 6. The van der Waals surface area contributed by atoms with Crippen LogP contribution in [0.25, 0.3) is 0 Å². The summed E-state index contributed by atoms with van der Waals surface area (Å²) in [6.07, 6.45) is 8.57. The van der Waals surface area contributed by atoms with Crippen LogP contribution < -0.4 is 0 Å². The van der Waals surface area contributed by atoms with E-state index in [1.165, 1.54) is 4.90 Å². The van der Waals surface area contributed by atoms with Crippen LogP contribution in [0, 0.1) is 11.8 Å². The van der Waals surface area contributed by atoms with Crippen molar-refractivity contribution >= 4 is 81.4 Å². The normalized spacial score (nSPS) is 33.2. The second-order valence-corrected chi connectivity index (χ2v) is 12.5. The van der Waals surface area contributed by atoms with Crippen molar-refractivity contribution in [2.45, 2.75) is 85.2 Å². The number of hydrogen-bond acceptors (Lipinski definition) is 2. The molecule has 0 radical (unpaired) electrons. The first-order valence-electron chi connectivity index (χ1n) is 10.7. The van der Waals surface area contributed by atoms with Gasteiger partial charge >= 0.3 is 0 Å². The second kappa shape index (κ2) is 9.47. The van der Waals surface area contributed by atoms with Crippen LogP contribution in [0.15, 0.2) is 10.1 Å². The molecule has 1 saturated heterocycles. The molecule has 0 N–H and O–H groups in total. The molecule has 170 valence electrons. The molecule has 0 spiro atoms. The van der Waals surface area contributed by atoms with E-state index in [1.54, 1.807) is 0 Å². The van der Waals surface area contributed by atoms with E-state index in [1.807, 2.05) is 0 Å². The van der Waals surface area contributed by atoms with Gasteiger partial charge in [-0.1, -0.05) is 68.7 Å². The van der Waals surface area contributed by atoms with E-state index in [0.717, 1.165) is 57.8 Å². The standard InChI is InChI=1S/C21H27Cl6NO2/c1-2-3-9-19(24,25)10-7-5-4-6-8-11-28-17(29)13-14(18(28)30)21(27)12-20(13,26)15(22)16(21)23/h13-14H,2-12H2,1H3. The van der Waals surface area contributed by atoms with Gasteiger partial charge in [-0.3, -0.25) is 14.5 Å². The molecule has 3 aliphatic rings. The fraction of sp³-hybridized carbons (Fsp3) is 0.810. The quantitative estimate of drug-likeness (QED) is 0.157. The Kier molecular flexibility index (Phi) is 7.97. The number of fused-ring (bicyclic) bond motifs is 5. The van der Waals surface area contributed by atoms with Crippen LogP contribution in [0.1, 0.15) is 71.1 Å². The monoisotopic (exact) mass is 535 g/mol. The van der Waals surface area contributed by atoms with Crippen molar-refractivity contribution in [3.63, 3.8) is 0 Å². The topological polar surface area (TPSA) is 37.4 Å². The van der Waals surface area contributed by atoms with Crippen molar-refractivity contribution in [3.8, 4) is 0 Å². The Labute approximate surface area is 208 Å². The van der Waals surface area contributed by atoms with Gasteiger partial charge in [-0.2, -0.15) is 0 Å². The Morgan fingerprint density at radius 2 is 1.33 bits per heavy atom.